The van der Waals surface area contributed by atoms with Crippen molar-refractivity contribution in [2.75, 3.05) is 19.3 Å². The molecule has 1 aromatic rings. The van der Waals surface area contributed by atoms with Gasteiger partial charge < -0.3 is 4.90 Å². The SMILES string of the molecule is CS(=O)(=O)NC1CCCN(C(=O)c2ccc(Cl)c(Br)c2)C1. The van der Waals surface area contributed by atoms with E-state index in [9.17, 15) is 13.2 Å². The normalized spacial score (nSPS) is 19.6. The minimum atomic E-state index is -3.26. The molecule has 1 fully saturated rings. The van der Waals surface area contributed by atoms with E-state index in [0.717, 1.165) is 19.1 Å². The van der Waals surface area contributed by atoms with Gasteiger partial charge in [-0.2, -0.15) is 0 Å². The molecule has 2 rings (SSSR count). The predicted molar refractivity (Wildman–Crippen MR) is 86.1 cm³/mol. The molecule has 1 amide bonds. The number of benzene rings is 1. The first-order valence-corrected chi connectivity index (χ1v) is 9.54. The van der Waals surface area contributed by atoms with E-state index >= 15 is 0 Å². The third-order valence-electron chi connectivity index (χ3n) is 3.26. The van der Waals surface area contributed by atoms with E-state index in [1.54, 1.807) is 23.1 Å². The lowest BCUT2D eigenvalue weighted by molar-refractivity contribution is 0.0703. The molecule has 1 aromatic carbocycles. The Labute approximate surface area is 137 Å². The fourth-order valence-electron chi connectivity index (χ4n) is 2.37. The topological polar surface area (TPSA) is 66.5 Å². The number of rotatable bonds is 3. The van der Waals surface area contributed by atoms with Crippen molar-refractivity contribution in [1.29, 1.82) is 0 Å². The van der Waals surface area contributed by atoms with Crippen molar-refractivity contribution in [3.05, 3.63) is 33.3 Å². The Morgan fingerprint density at radius 1 is 1.48 bits per heavy atom. The lowest BCUT2D eigenvalue weighted by Crippen LogP contribution is -2.49. The largest absolute Gasteiger partial charge is 0.337 e. The summed E-state index contributed by atoms with van der Waals surface area (Å²) >= 11 is 9.21. The van der Waals surface area contributed by atoms with Crippen LogP contribution in [0.5, 0.6) is 0 Å². The van der Waals surface area contributed by atoms with E-state index in [2.05, 4.69) is 20.7 Å². The van der Waals surface area contributed by atoms with E-state index in [0.29, 0.717) is 28.1 Å². The number of nitrogens with one attached hydrogen (secondary N) is 1. The van der Waals surface area contributed by atoms with Gasteiger partial charge in [0, 0.05) is 29.2 Å². The van der Waals surface area contributed by atoms with Gasteiger partial charge in [0.2, 0.25) is 10.0 Å². The monoisotopic (exact) mass is 394 g/mol. The van der Waals surface area contributed by atoms with Gasteiger partial charge in [0.1, 0.15) is 0 Å². The van der Waals surface area contributed by atoms with Gasteiger partial charge in [0.25, 0.3) is 5.91 Å². The van der Waals surface area contributed by atoms with E-state index in [1.165, 1.54) is 0 Å². The summed E-state index contributed by atoms with van der Waals surface area (Å²) < 4.78 is 25.8. The number of carbonyl (C=O) groups is 1. The number of carbonyl (C=O) groups excluding carboxylic acids is 1. The highest BCUT2D eigenvalue weighted by Crippen LogP contribution is 2.24. The molecule has 1 heterocycles. The summed E-state index contributed by atoms with van der Waals surface area (Å²) in [5.41, 5.74) is 0.534. The molecule has 1 aliphatic heterocycles. The van der Waals surface area contributed by atoms with Crippen molar-refractivity contribution in [1.82, 2.24) is 9.62 Å². The minimum absolute atomic E-state index is 0.118. The fourth-order valence-corrected chi connectivity index (χ4v) is 3.67. The number of amides is 1. The van der Waals surface area contributed by atoms with Crippen molar-refractivity contribution < 1.29 is 13.2 Å². The summed E-state index contributed by atoms with van der Waals surface area (Å²) in [6.07, 6.45) is 2.64. The number of nitrogens with zero attached hydrogens (tertiary/aromatic N) is 1. The van der Waals surface area contributed by atoms with Gasteiger partial charge >= 0.3 is 0 Å². The van der Waals surface area contributed by atoms with Crippen LogP contribution in [0.3, 0.4) is 0 Å². The summed E-state index contributed by atoms with van der Waals surface area (Å²) in [7, 11) is -3.26. The van der Waals surface area contributed by atoms with Crippen LogP contribution in [-0.4, -0.2) is 44.6 Å². The van der Waals surface area contributed by atoms with Crippen molar-refractivity contribution in [3.8, 4) is 0 Å². The van der Waals surface area contributed by atoms with Crippen molar-refractivity contribution in [2.45, 2.75) is 18.9 Å². The zero-order chi connectivity index (χ0) is 15.6. The molecule has 0 aromatic heterocycles. The van der Waals surface area contributed by atoms with Crippen LogP contribution < -0.4 is 4.72 Å². The maximum atomic E-state index is 12.5. The van der Waals surface area contributed by atoms with Gasteiger partial charge in [-0.15, -0.1) is 0 Å². The number of sulfonamides is 1. The van der Waals surface area contributed by atoms with Gasteiger partial charge in [-0.1, -0.05) is 11.6 Å². The number of hydrogen-bond donors (Lipinski definition) is 1. The standard InChI is InChI=1S/C13H16BrClN2O3S/c1-21(19,20)16-10-3-2-6-17(8-10)13(18)9-4-5-12(15)11(14)7-9/h4-5,7,10,16H,2-3,6,8H2,1H3. The Morgan fingerprint density at radius 2 is 2.19 bits per heavy atom. The Kier molecular flexibility index (Phi) is 5.29. The van der Waals surface area contributed by atoms with E-state index < -0.39 is 10.0 Å². The molecule has 0 aliphatic carbocycles. The van der Waals surface area contributed by atoms with Crippen LogP contribution in [0.2, 0.25) is 5.02 Å². The highest BCUT2D eigenvalue weighted by Gasteiger charge is 2.26. The Bertz CT molecular complexity index is 651. The molecule has 0 radical (unpaired) electrons. The van der Waals surface area contributed by atoms with E-state index in [-0.39, 0.29) is 11.9 Å². The average molecular weight is 396 g/mol. The van der Waals surface area contributed by atoms with Crippen molar-refractivity contribution >= 4 is 43.5 Å². The van der Waals surface area contributed by atoms with Crippen LogP contribution in [0.25, 0.3) is 0 Å². The summed E-state index contributed by atoms with van der Waals surface area (Å²) in [4.78, 5) is 14.1. The third kappa shape index (κ3) is 4.67. The first-order chi connectivity index (χ1) is 9.76. The predicted octanol–water partition coefficient (Wildman–Crippen LogP) is 2.26. The van der Waals surface area contributed by atoms with Crippen LogP contribution in [0, 0.1) is 0 Å². The lowest BCUT2D eigenvalue weighted by Gasteiger charge is -2.32. The minimum Gasteiger partial charge on any atom is -0.337 e. The van der Waals surface area contributed by atoms with Gasteiger partial charge in [-0.25, -0.2) is 13.1 Å². The molecule has 21 heavy (non-hydrogen) atoms. The molecular weight excluding hydrogens is 380 g/mol. The number of likely N-dealkylation sites (tertiary alicyclic amines) is 1. The molecule has 8 heteroatoms. The second-order valence-corrected chi connectivity index (χ2v) is 8.15. The summed E-state index contributed by atoms with van der Waals surface area (Å²) in [5.74, 6) is -0.118. The highest BCUT2D eigenvalue weighted by molar-refractivity contribution is 9.10. The zero-order valence-corrected chi connectivity index (χ0v) is 14.6. The van der Waals surface area contributed by atoms with E-state index in [1.807, 2.05) is 0 Å². The van der Waals surface area contributed by atoms with Crippen LogP contribution >= 0.6 is 27.5 Å². The third-order valence-corrected chi connectivity index (χ3v) is 5.23. The Morgan fingerprint density at radius 3 is 2.81 bits per heavy atom. The lowest BCUT2D eigenvalue weighted by atomic mass is 10.1. The molecular formula is C13H16BrClN2O3S. The Hall–Kier alpha value is -0.630. The van der Waals surface area contributed by atoms with Gasteiger partial charge in [-0.3, -0.25) is 4.79 Å². The highest BCUT2D eigenvalue weighted by atomic mass is 79.9. The first-order valence-electron chi connectivity index (χ1n) is 6.48. The van der Waals surface area contributed by atoms with Crippen LogP contribution in [-0.2, 0) is 10.0 Å². The maximum absolute atomic E-state index is 12.5. The molecule has 0 bridgehead atoms. The smallest absolute Gasteiger partial charge is 0.253 e. The Balaban J connectivity index is 2.10. The maximum Gasteiger partial charge on any atom is 0.253 e. The summed E-state index contributed by atoms with van der Waals surface area (Å²) in [5, 5.41) is 0.543. The van der Waals surface area contributed by atoms with Gasteiger partial charge in [0.15, 0.2) is 0 Å². The number of piperidine rings is 1. The van der Waals surface area contributed by atoms with Crippen molar-refractivity contribution in [2.24, 2.45) is 0 Å². The molecule has 1 N–H and O–H groups in total. The summed E-state index contributed by atoms with van der Waals surface area (Å²) in [6, 6.07) is 4.78. The average Bonchev–Trinajstić information content (AvgIpc) is 2.39. The van der Waals surface area contributed by atoms with Gasteiger partial charge in [0.05, 0.1) is 11.3 Å². The zero-order valence-electron chi connectivity index (χ0n) is 11.5. The second-order valence-electron chi connectivity index (χ2n) is 5.11. The summed E-state index contributed by atoms with van der Waals surface area (Å²) in [6.45, 7) is 1.01. The molecule has 116 valence electrons. The fraction of sp³-hybridized carbons (Fsp3) is 0.462. The molecule has 1 aliphatic rings. The van der Waals surface area contributed by atoms with Crippen molar-refractivity contribution in [3.63, 3.8) is 0 Å². The molecule has 0 spiro atoms. The first kappa shape index (κ1) is 16.7. The van der Waals surface area contributed by atoms with Crippen LogP contribution in [0.1, 0.15) is 23.2 Å². The molecule has 5 nitrogen and oxygen atoms in total. The van der Waals surface area contributed by atoms with Crippen LogP contribution in [0.4, 0.5) is 0 Å². The molecule has 1 atom stereocenters. The van der Waals surface area contributed by atoms with Gasteiger partial charge in [-0.05, 0) is 47.0 Å². The van der Waals surface area contributed by atoms with E-state index in [4.69, 9.17) is 11.6 Å². The van der Waals surface area contributed by atoms with Crippen LogP contribution in [0.15, 0.2) is 22.7 Å². The second kappa shape index (κ2) is 6.64. The molecule has 0 saturated carbocycles. The molecule has 1 saturated heterocycles. The number of hydrogen-bond acceptors (Lipinski definition) is 3. The number of halogens is 2. The quantitative estimate of drug-likeness (QED) is 0.853. The molecule has 1 unspecified atom stereocenters.